The number of aliphatic hydroxyl groups is 1. The molecule has 3 aromatic carbocycles. The van der Waals surface area contributed by atoms with Crippen molar-refractivity contribution in [2.75, 3.05) is 26.9 Å². The van der Waals surface area contributed by atoms with Crippen LogP contribution in [0.1, 0.15) is 42.1 Å². The van der Waals surface area contributed by atoms with Crippen molar-refractivity contribution in [2.24, 2.45) is 5.92 Å². The van der Waals surface area contributed by atoms with Gasteiger partial charge in [-0.05, 0) is 53.8 Å². The number of rotatable bonds is 11. The first-order chi connectivity index (χ1) is 18.8. The van der Waals surface area contributed by atoms with Gasteiger partial charge in [0.25, 0.3) is 11.7 Å². The van der Waals surface area contributed by atoms with E-state index in [1.807, 2.05) is 69.3 Å². The van der Waals surface area contributed by atoms with Crippen LogP contribution in [0.2, 0.25) is 0 Å². The third kappa shape index (κ3) is 6.49. The normalized spacial score (nSPS) is 16.6. The van der Waals surface area contributed by atoms with Crippen LogP contribution >= 0.6 is 0 Å². The lowest BCUT2D eigenvalue weighted by molar-refractivity contribution is -0.140. The van der Waals surface area contributed by atoms with Crippen LogP contribution in [0.4, 0.5) is 0 Å². The predicted molar refractivity (Wildman–Crippen MR) is 150 cm³/mol. The van der Waals surface area contributed by atoms with Crippen LogP contribution in [0.5, 0.6) is 11.5 Å². The molecule has 1 atom stereocenters. The van der Waals surface area contributed by atoms with Crippen LogP contribution in [0.3, 0.4) is 0 Å². The summed E-state index contributed by atoms with van der Waals surface area (Å²) in [5.41, 5.74) is 3.36. The van der Waals surface area contributed by atoms with E-state index >= 15 is 0 Å². The van der Waals surface area contributed by atoms with E-state index in [0.717, 1.165) is 11.1 Å². The molecule has 1 fully saturated rings. The summed E-state index contributed by atoms with van der Waals surface area (Å²) in [5.74, 6) is -0.0863. The highest BCUT2D eigenvalue weighted by atomic mass is 16.5. The molecule has 1 amide bonds. The number of ether oxygens (including phenoxy) is 3. The lowest BCUT2D eigenvalue weighted by atomic mass is 9.95. The van der Waals surface area contributed by atoms with Gasteiger partial charge in [-0.1, -0.05) is 62.4 Å². The Morgan fingerprint density at radius 2 is 1.69 bits per heavy atom. The number of benzene rings is 3. The zero-order valence-electron chi connectivity index (χ0n) is 22.8. The summed E-state index contributed by atoms with van der Waals surface area (Å²) in [6.45, 7) is 7.52. The van der Waals surface area contributed by atoms with Crippen molar-refractivity contribution >= 4 is 17.4 Å². The minimum absolute atomic E-state index is 0.0330. The molecular formula is C32H35NO6. The summed E-state index contributed by atoms with van der Waals surface area (Å²) in [6.07, 6.45) is 0. The Morgan fingerprint density at radius 1 is 0.949 bits per heavy atom. The van der Waals surface area contributed by atoms with E-state index in [4.69, 9.17) is 14.2 Å². The second kappa shape index (κ2) is 12.6. The van der Waals surface area contributed by atoms with Crippen molar-refractivity contribution in [1.82, 2.24) is 4.90 Å². The molecule has 3 aromatic rings. The summed E-state index contributed by atoms with van der Waals surface area (Å²) in [4.78, 5) is 27.7. The predicted octanol–water partition coefficient (Wildman–Crippen LogP) is 5.68. The molecule has 0 saturated carbocycles. The van der Waals surface area contributed by atoms with E-state index in [0.29, 0.717) is 41.8 Å². The van der Waals surface area contributed by atoms with Crippen LogP contribution in [-0.4, -0.2) is 48.6 Å². The quantitative estimate of drug-likeness (QED) is 0.196. The minimum Gasteiger partial charge on any atom is -0.507 e. The number of methoxy groups -OCH3 is 1. The molecule has 7 nitrogen and oxygen atoms in total. The lowest BCUT2D eigenvalue weighted by Gasteiger charge is -2.25. The van der Waals surface area contributed by atoms with Crippen LogP contribution < -0.4 is 9.47 Å². The van der Waals surface area contributed by atoms with Crippen molar-refractivity contribution in [3.63, 3.8) is 0 Å². The van der Waals surface area contributed by atoms with Gasteiger partial charge in [0.1, 0.15) is 23.9 Å². The summed E-state index contributed by atoms with van der Waals surface area (Å²) >= 11 is 0. The van der Waals surface area contributed by atoms with Crippen LogP contribution in [0, 0.1) is 12.8 Å². The first kappa shape index (κ1) is 27.9. The molecule has 204 valence electrons. The fourth-order valence-corrected chi connectivity index (χ4v) is 4.48. The second-order valence-electron chi connectivity index (χ2n) is 10.0. The lowest BCUT2D eigenvalue weighted by Crippen LogP contribution is -2.32. The van der Waals surface area contributed by atoms with Crippen molar-refractivity contribution in [3.05, 3.63) is 101 Å². The van der Waals surface area contributed by atoms with E-state index in [1.54, 1.807) is 24.3 Å². The number of aryl methyl sites for hydroxylation is 1. The number of nitrogens with zero attached hydrogens (tertiary/aromatic N) is 1. The summed E-state index contributed by atoms with van der Waals surface area (Å²) < 4.78 is 17.0. The molecular weight excluding hydrogens is 494 g/mol. The molecule has 1 aliphatic rings. The van der Waals surface area contributed by atoms with Gasteiger partial charge in [-0.15, -0.1) is 0 Å². The molecule has 1 unspecified atom stereocenters. The van der Waals surface area contributed by atoms with Crippen molar-refractivity contribution in [1.29, 1.82) is 0 Å². The number of Topliss-reactive ketones (excluding diaryl/α,β-unsaturated/α-hetero) is 1. The maximum absolute atomic E-state index is 13.2. The number of carbonyl (C=O) groups is 2. The van der Waals surface area contributed by atoms with Gasteiger partial charge in [0, 0.05) is 19.2 Å². The monoisotopic (exact) mass is 529 g/mol. The molecule has 1 aliphatic heterocycles. The number of ketones is 1. The fraction of sp³-hybridized carbons (Fsp3) is 0.312. The minimum atomic E-state index is -0.772. The van der Waals surface area contributed by atoms with Gasteiger partial charge in [-0.25, -0.2) is 0 Å². The Balaban J connectivity index is 1.66. The molecule has 1 heterocycles. The number of hydrogen-bond acceptors (Lipinski definition) is 6. The Kier molecular flexibility index (Phi) is 9.04. The van der Waals surface area contributed by atoms with E-state index in [9.17, 15) is 14.7 Å². The van der Waals surface area contributed by atoms with Gasteiger partial charge >= 0.3 is 0 Å². The van der Waals surface area contributed by atoms with Crippen molar-refractivity contribution < 1.29 is 28.9 Å². The molecule has 0 bridgehead atoms. The summed E-state index contributed by atoms with van der Waals surface area (Å²) in [5, 5.41) is 11.3. The fourth-order valence-electron chi connectivity index (χ4n) is 4.48. The van der Waals surface area contributed by atoms with Crippen LogP contribution in [-0.2, 0) is 20.9 Å². The third-order valence-corrected chi connectivity index (χ3v) is 6.62. The first-order valence-electron chi connectivity index (χ1n) is 13.1. The molecule has 39 heavy (non-hydrogen) atoms. The third-order valence-electron chi connectivity index (χ3n) is 6.62. The highest BCUT2D eigenvalue weighted by molar-refractivity contribution is 6.46. The molecule has 0 aromatic heterocycles. The van der Waals surface area contributed by atoms with Gasteiger partial charge in [-0.3, -0.25) is 9.59 Å². The number of carbonyl (C=O) groups excluding carboxylic acids is 2. The number of aliphatic hydroxyl groups excluding tert-OH is 1. The standard InChI is InChI=1S/C32H35NO6/c1-21(2)19-38-27-11-7-10-24(18-27)30(34)28-29(33(16-17-37-4)32(36)31(28)35)23-12-14-26(15-13-23)39-20-25-9-6-5-8-22(25)3/h5-15,18,21,29,34H,16-17,19-20H2,1-4H3/b30-28-. The molecule has 1 saturated heterocycles. The number of likely N-dealkylation sites (tertiary alicyclic amines) is 1. The van der Waals surface area contributed by atoms with E-state index in [2.05, 4.69) is 0 Å². The molecule has 1 N–H and O–H groups in total. The van der Waals surface area contributed by atoms with Crippen molar-refractivity contribution in [2.45, 2.75) is 33.4 Å². The molecule has 0 radical (unpaired) electrons. The molecule has 4 rings (SSSR count). The Bertz CT molecular complexity index is 1340. The van der Waals surface area contributed by atoms with Gasteiger partial charge < -0.3 is 24.2 Å². The smallest absolute Gasteiger partial charge is 0.295 e. The van der Waals surface area contributed by atoms with E-state index in [1.165, 1.54) is 12.0 Å². The maximum atomic E-state index is 13.2. The number of hydrogen-bond donors (Lipinski definition) is 1. The molecule has 7 heteroatoms. The Morgan fingerprint density at radius 3 is 2.38 bits per heavy atom. The maximum Gasteiger partial charge on any atom is 0.295 e. The average Bonchev–Trinajstić information content (AvgIpc) is 3.19. The topological polar surface area (TPSA) is 85.3 Å². The zero-order valence-corrected chi connectivity index (χ0v) is 22.8. The van der Waals surface area contributed by atoms with Gasteiger partial charge in [0.05, 0.1) is 24.8 Å². The summed E-state index contributed by atoms with van der Waals surface area (Å²) in [7, 11) is 1.54. The zero-order chi connectivity index (χ0) is 27.9. The van der Waals surface area contributed by atoms with E-state index < -0.39 is 17.7 Å². The second-order valence-corrected chi connectivity index (χ2v) is 10.0. The van der Waals surface area contributed by atoms with Crippen molar-refractivity contribution in [3.8, 4) is 11.5 Å². The molecule has 0 aliphatic carbocycles. The van der Waals surface area contributed by atoms with Crippen LogP contribution in [0.25, 0.3) is 5.76 Å². The van der Waals surface area contributed by atoms with Gasteiger partial charge in [0.15, 0.2) is 0 Å². The number of amides is 1. The Labute approximate surface area is 229 Å². The van der Waals surface area contributed by atoms with E-state index in [-0.39, 0.29) is 24.5 Å². The average molecular weight is 530 g/mol. The highest BCUT2D eigenvalue weighted by Crippen LogP contribution is 2.40. The van der Waals surface area contributed by atoms with Gasteiger partial charge in [0.2, 0.25) is 0 Å². The summed E-state index contributed by atoms with van der Waals surface area (Å²) in [6, 6.07) is 21.4. The highest BCUT2D eigenvalue weighted by Gasteiger charge is 2.45. The largest absolute Gasteiger partial charge is 0.507 e. The van der Waals surface area contributed by atoms with Crippen LogP contribution in [0.15, 0.2) is 78.4 Å². The Hall–Kier alpha value is -4.10. The van der Waals surface area contributed by atoms with Gasteiger partial charge in [-0.2, -0.15) is 0 Å². The molecule has 0 spiro atoms. The SMILES string of the molecule is COCCN1C(=O)C(=O)/C(=C(\O)c2cccc(OCC(C)C)c2)C1c1ccc(OCc2ccccc2C)cc1. The first-order valence-corrected chi connectivity index (χ1v) is 13.1.